The predicted octanol–water partition coefficient (Wildman–Crippen LogP) is 2.95. The van der Waals surface area contributed by atoms with Crippen LogP contribution in [0.3, 0.4) is 0 Å². The molecule has 1 N–H and O–H groups in total. The van der Waals surface area contributed by atoms with Crippen LogP contribution in [0.4, 0.5) is 10.5 Å². The summed E-state index contributed by atoms with van der Waals surface area (Å²) in [4.78, 5) is 11.1. The SMILES string of the molecule is CCCOC(=O)Nc1cccc(C)c1. The zero-order valence-corrected chi connectivity index (χ0v) is 8.54. The van der Waals surface area contributed by atoms with Crippen LogP contribution < -0.4 is 5.32 Å². The molecule has 1 aromatic rings. The number of carbonyl (C=O) groups is 1. The molecule has 0 atom stereocenters. The number of ether oxygens (including phenoxy) is 1. The molecule has 1 amide bonds. The predicted molar refractivity (Wildman–Crippen MR) is 56.4 cm³/mol. The van der Waals surface area contributed by atoms with Gasteiger partial charge in [0.2, 0.25) is 0 Å². The molecule has 0 unspecified atom stereocenters. The van der Waals surface area contributed by atoms with Crippen molar-refractivity contribution >= 4 is 11.8 Å². The van der Waals surface area contributed by atoms with E-state index in [0.29, 0.717) is 6.61 Å². The van der Waals surface area contributed by atoms with E-state index in [1.165, 1.54) is 0 Å². The summed E-state index contributed by atoms with van der Waals surface area (Å²) >= 11 is 0. The number of hydrogen-bond acceptors (Lipinski definition) is 2. The minimum Gasteiger partial charge on any atom is -0.449 e. The van der Waals surface area contributed by atoms with Crippen LogP contribution in [0.1, 0.15) is 18.9 Å². The maximum absolute atomic E-state index is 11.1. The zero-order chi connectivity index (χ0) is 10.4. The van der Waals surface area contributed by atoms with Gasteiger partial charge in [0.25, 0.3) is 0 Å². The largest absolute Gasteiger partial charge is 0.449 e. The Balaban J connectivity index is 2.47. The van der Waals surface area contributed by atoms with Gasteiger partial charge in [0.1, 0.15) is 0 Å². The van der Waals surface area contributed by atoms with E-state index in [-0.39, 0.29) is 0 Å². The summed E-state index contributed by atoms with van der Waals surface area (Å²) in [6.07, 6.45) is 0.443. The average Bonchev–Trinajstić information content (AvgIpc) is 2.15. The van der Waals surface area contributed by atoms with Gasteiger partial charge in [0, 0.05) is 5.69 Å². The highest BCUT2D eigenvalue weighted by molar-refractivity contribution is 5.84. The highest BCUT2D eigenvalue weighted by Gasteiger charge is 2.01. The molecule has 0 radical (unpaired) electrons. The summed E-state index contributed by atoms with van der Waals surface area (Å²) in [5.41, 5.74) is 1.88. The van der Waals surface area contributed by atoms with E-state index in [1.54, 1.807) is 0 Å². The first-order valence-electron chi connectivity index (χ1n) is 4.73. The molecule has 0 fully saturated rings. The lowest BCUT2D eigenvalue weighted by Crippen LogP contribution is -2.13. The van der Waals surface area contributed by atoms with Gasteiger partial charge in [0.15, 0.2) is 0 Å². The van der Waals surface area contributed by atoms with Crippen LogP contribution in [0, 0.1) is 6.92 Å². The first-order valence-corrected chi connectivity index (χ1v) is 4.73. The number of nitrogens with one attached hydrogen (secondary N) is 1. The van der Waals surface area contributed by atoms with Crippen molar-refractivity contribution in [1.82, 2.24) is 0 Å². The third kappa shape index (κ3) is 3.47. The fourth-order valence-electron chi connectivity index (χ4n) is 1.07. The molecule has 1 rings (SSSR count). The minimum atomic E-state index is -0.391. The molecule has 0 aliphatic carbocycles. The molecular weight excluding hydrogens is 178 g/mol. The molecule has 76 valence electrons. The zero-order valence-electron chi connectivity index (χ0n) is 8.54. The Morgan fingerprint density at radius 3 is 2.93 bits per heavy atom. The van der Waals surface area contributed by atoms with Gasteiger partial charge in [-0.2, -0.15) is 0 Å². The van der Waals surface area contributed by atoms with Gasteiger partial charge in [-0.15, -0.1) is 0 Å². The average molecular weight is 193 g/mol. The number of anilines is 1. The van der Waals surface area contributed by atoms with Crippen molar-refractivity contribution < 1.29 is 9.53 Å². The monoisotopic (exact) mass is 193 g/mol. The van der Waals surface area contributed by atoms with E-state index >= 15 is 0 Å². The molecule has 3 heteroatoms. The number of benzene rings is 1. The van der Waals surface area contributed by atoms with Crippen molar-refractivity contribution in [3.05, 3.63) is 29.8 Å². The lowest BCUT2D eigenvalue weighted by molar-refractivity contribution is 0.161. The molecule has 0 heterocycles. The maximum atomic E-state index is 11.1. The van der Waals surface area contributed by atoms with Gasteiger partial charge in [-0.05, 0) is 31.0 Å². The fraction of sp³-hybridized carbons (Fsp3) is 0.364. The quantitative estimate of drug-likeness (QED) is 0.801. The third-order valence-corrected chi connectivity index (χ3v) is 1.70. The van der Waals surface area contributed by atoms with Crippen molar-refractivity contribution in [2.75, 3.05) is 11.9 Å². The van der Waals surface area contributed by atoms with Gasteiger partial charge in [-0.25, -0.2) is 4.79 Å². The second kappa shape index (κ2) is 5.27. The highest BCUT2D eigenvalue weighted by atomic mass is 16.5. The van der Waals surface area contributed by atoms with Crippen molar-refractivity contribution in [2.45, 2.75) is 20.3 Å². The lowest BCUT2D eigenvalue weighted by Gasteiger charge is -2.06. The Labute approximate surface area is 84.1 Å². The van der Waals surface area contributed by atoms with Crippen LogP contribution >= 0.6 is 0 Å². The van der Waals surface area contributed by atoms with Crippen LogP contribution in [0.15, 0.2) is 24.3 Å². The lowest BCUT2D eigenvalue weighted by atomic mass is 10.2. The first-order chi connectivity index (χ1) is 6.72. The van der Waals surface area contributed by atoms with Gasteiger partial charge < -0.3 is 4.74 Å². The molecule has 0 saturated heterocycles. The molecule has 0 aromatic heterocycles. The fourth-order valence-corrected chi connectivity index (χ4v) is 1.07. The maximum Gasteiger partial charge on any atom is 0.411 e. The van der Waals surface area contributed by atoms with E-state index in [0.717, 1.165) is 17.7 Å². The molecule has 0 bridgehead atoms. The van der Waals surface area contributed by atoms with E-state index in [2.05, 4.69) is 5.32 Å². The molecular formula is C11H15NO2. The molecule has 14 heavy (non-hydrogen) atoms. The van der Waals surface area contributed by atoms with Crippen LogP contribution in [-0.4, -0.2) is 12.7 Å². The Hall–Kier alpha value is -1.51. The Morgan fingerprint density at radius 1 is 1.50 bits per heavy atom. The van der Waals surface area contributed by atoms with Crippen molar-refractivity contribution in [1.29, 1.82) is 0 Å². The van der Waals surface area contributed by atoms with Crippen molar-refractivity contribution in [3.63, 3.8) is 0 Å². The third-order valence-electron chi connectivity index (χ3n) is 1.70. The molecule has 0 aliphatic heterocycles. The summed E-state index contributed by atoms with van der Waals surface area (Å²) in [5.74, 6) is 0. The molecule has 3 nitrogen and oxygen atoms in total. The first kappa shape index (κ1) is 10.6. The topological polar surface area (TPSA) is 38.3 Å². The van der Waals surface area contributed by atoms with E-state index in [4.69, 9.17) is 4.74 Å². The number of hydrogen-bond donors (Lipinski definition) is 1. The van der Waals surface area contributed by atoms with Crippen LogP contribution in [-0.2, 0) is 4.74 Å². The van der Waals surface area contributed by atoms with E-state index < -0.39 is 6.09 Å². The summed E-state index contributed by atoms with van der Waals surface area (Å²) in [6.45, 7) is 4.39. The number of amides is 1. The molecule has 0 aliphatic rings. The van der Waals surface area contributed by atoms with Gasteiger partial charge in [-0.1, -0.05) is 19.1 Å². The molecule has 1 aromatic carbocycles. The summed E-state index contributed by atoms with van der Waals surface area (Å²) in [5, 5.41) is 2.66. The molecule has 0 saturated carbocycles. The van der Waals surface area contributed by atoms with E-state index in [1.807, 2.05) is 38.1 Å². The Kier molecular flexibility index (Phi) is 3.98. The van der Waals surface area contributed by atoms with Crippen LogP contribution in [0.2, 0.25) is 0 Å². The minimum absolute atomic E-state index is 0.391. The van der Waals surface area contributed by atoms with Crippen molar-refractivity contribution in [3.8, 4) is 0 Å². The smallest absolute Gasteiger partial charge is 0.411 e. The van der Waals surface area contributed by atoms with Gasteiger partial charge >= 0.3 is 6.09 Å². The van der Waals surface area contributed by atoms with Gasteiger partial charge in [0.05, 0.1) is 6.61 Å². The number of aryl methyl sites for hydroxylation is 1. The Morgan fingerprint density at radius 2 is 2.29 bits per heavy atom. The summed E-state index contributed by atoms with van der Waals surface area (Å²) in [6, 6.07) is 7.60. The number of rotatable bonds is 3. The Bertz CT molecular complexity index is 310. The van der Waals surface area contributed by atoms with E-state index in [9.17, 15) is 4.79 Å². The highest BCUT2D eigenvalue weighted by Crippen LogP contribution is 2.09. The van der Waals surface area contributed by atoms with Crippen LogP contribution in [0.25, 0.3) is 0 Å². The standard InChI is InChI=1S/C11H15NO2/c1-3-7-14-11(13)12-10-6-4-5-9(2)8-10/h4-6,8H,3,7H2,1-2H3,(H,12,13). The molecule has 0 spiro atoms. The number of carbonyl (C=O) groups excluding carboxylic acids is 1. The second-order valence-corrected chi connectivity index (χ2v) is 3.13. The second-order valence-electron chi connectivity index (χ2n) is 3.13. The van der Waals surface area contributed by atoms with Gasteiger partial charge in [-0.3, -0.25) is 5.32 Å². The van der Waals surface area contributed by atoms with Crippen molar-refractivity contribution in [2.24, 2.45) is 0 Å². The summed E-state index contributed by atoms with van der Waals surface area (Å²) < 4.78 is 4.88. The normalized spacial score (nSPS) is 9.57. The van der Waals surface area contributed by atoms with Crippen LogP contribution in [0.5, 0.6) is 0 Å². The summed E-state index contributed by atoms with van der Waals surface area (Å²) in [7, 11) is 0.